The summed E-state index contributed by atoms with van der Waals surface area (Å²) in [7, 11) is 3.01. The lowest BCUT2D eigenvalue weighted by atomic mass is 9.93. The fraction of sp³-hybridized carbons (Fsp3) is 0.273. The third kappa shape index (κ3) is 3.49. The van der Waals surface area contributed by atoms with Gasteiger partial charge in [-0.1, -0.05) is 12.1 Å². The summed E-state index contributed by atoms with van der Waals surface area (Å²) in [4.78, 5) is 51.9. The van der Waals surface area contributed by atoms with Gasteiger partial charge >= 0.3 is 6.09 Å². The van der Waals surface area contributed by atoms with Gasteiger partial charge in [0.2, 0.25) is 5.91 Å². The standard InChI is InChI=1S/C22H21N3O7/c1-31-13-8-7-12(17(9-13)32-2)10-24-16(18(21(24)28)23-22(29)30)11-25-19(26)14-5-3-4-6-15(14)20(25)27/h3-9,16,18,23H,10-11H2,1-2H3,(H,29,30). The fourth-order valence-electron chi connectivity index (χ4n) is 4.05. The van der Waals surface area contributed by atoms with E-state index in [0.717, 1.165) is 4.90 Å². The highest BCUT2D eigenvalue weighted by Gasteiger charge is 2.51. The van der Waals surface area contributed by atoms with Crippen LogP contribution < -0.4 is 14.8 Å². The number of fused-ring (bicyclic) bond motifs is 1. The summed E-state index contributed by atoms with van der Waals surface area (Å²) < 4.78 is 10.6. The molecule has 1 saturated heterocycles. The van der Waals surface area contributed by atoms with Gasteiger partial charge in [0.1, 0.15) is 17.5 Å². The number of carbonyl (C=O) groups excluding carboxylic acids is 3. The van der Waals surface area contributed by atoms with Crippen LogP contribution in [-0.4, -0.2) is 71.6 Å². The van der Waals surface area contributed by atoms with Gasteiger partial charge < -0.3 is 24.8 Å². The Balaban J connectivity index is 1.59. The minimum Gasteiger partial charge on any atom is -0.497 e. The Morgan fingerprint density at radius 3 is 2.25 bits per heavy atom. The van der Waals surface area contributed by atoms with Crippen LogP contribution in [0.25, 0.3) is 0 Å². The van der Waals surface area contributed by atoms with Crippen molar-refractivity contribution in [3.8, 4) is 11.5 Å². The highest BCUT2D eigenvalue weighted by atomic mass is 16.5. The number of carboxylic acid groups (broad SMARTS) is 1. The Bertz CT molecular complexity index is 1080. The Labute approximate surface area is 183 Å². The number of rotatable bonds is 7. The SMILES string of the molecule is COc1ccc(CN2C(=O)C(NC(=O)O)C2CN2C(=O)c3ccccc3C2=O)c(OC)c1. The molecule has 2 heterocycles. The quantitative estimate of drug-likeness (QED) is 0.493. The molecule has 4 rings (SSSR count). The first-order chi connectivity index (χ1) is 15.3. The first-order valence-corrected chi connectivity index (χ1v) is 9.81. The van der Waals surface area contributed by atoms with Crippen LogP contribution in [0.15, 0.2) is 42.5 Å². The molecular formula is C22H21N3O7. The Hall–Kier alpha value is -4.08. The molecule has 2 atom stereocenters. The lowest BCUT2D eigenvalue weighted by Crippen LogP contribution is -2.72. The number of carbonyl (C=O) groups is 4. The van der Waals surface area contributed by atoms with Crippen LogP contribution in [0.2, 0.25) is 0 Å². The average molecular weight is 439 g/mol. The van der Waals surface area contributed by atoms with Gasteiger partial charge in [-0.15, -0.1) is 0 Å². The molecular weight excluding hydrogens is 418 g/mol. The van der Waals surface area contributed by atoms with E-state index in [-0.39, 0.29) is 24.2 Å². The zero-order valence-corrected chi connectivity index (χ0v) is 17.4. The second-order valence-corrected chi connectivity index (χ2v) is 7.40. The number of ether oxygens (including phenoxy) is 2. The van der Waals surface area contributed by atoms with Gasteiger partial charge in [0, 0.05) is 18.2 Å². The minimum atomic E-state index is -1.36. The predicted octanol–water partition coefficient (Wildman–Crippen LogP) is 1.35. The van der Waals surface area contributed by atoms with Crippen LogP contribution >= 0.6 is 0 Å². The number of β-lactam (4-membered cyclic amide) rings is 1. The summed E-state index contributed by atoms with van der Waals surface area (Å²) >= 11 is 0. The van der Waals surface area contributed by atoms with Gasteiger partial charge in [-0.05, 0) is 24.3 Å². The van der Waals surface area contributed by atoms with E-state index in [1.165, 1.54) is 19.1 Å². The maximum absolute atomic E-state index is 12.8. The van der Waals surface area contributed by atoms with E-state index < -0.39 is 35.9 Å². The van der Waals surface area contributed by atoms with Crippen LogP contribution in [0.5, 0.6) is 11.5 Å². The molecule has 10 heteroatoms. The summed E-state index contributed by atoms with van der Waals surface area (Å²) in [6, 6.07) is 9.79. The zero-order valence-electron chi connectivity index (χ0n) is 17.4. The van der Waals surface area contributed by atoms with E-state index in [2.05, 4.69) is 5.32 Å². The molecule has 2 N–H and O–H groups in total. The maximum atomic E-state index is 12.8. The number of nitrogens with zero attached hydrogens (tertiary/aromatic N) is 2. The van der Waals surface area contributed by atoms with Crippen molar-refractivity contribution in [1.29, 1.82) is 0 Å². The molecule has 0 aliphatic carbocycles. The average Bonchev–Trinajstić information content (AvgIpc) is 3.04. The topological polar surface area (TPSA) is 125 Å². The van der Waals surface area contributed by atoms with Crippen molar-refractivity contribution in [2.24, 2.45) is 0 Å². The zero-order chi connectivity index (χ0) is 23.0. The molecule has 166 valence electrons. The predicted molar refractivity (Wildman–Crippen MR) is 111 cm³/mol. The second kappa shape index (κ2) is 8.22. The normalized spacial score (nSPS) is 19.5. The Morgan fingerprint density at radius 2 is 1.69 bits per heavy atom. The number of methoxy groups -OCH3 is 2. The summed E-state index contributed by atoms with van der Waals surface area (Å²) in [5.41, 5.74) is 1.24. The molecule has 0 aromatic heterocycles. The van der Waals surface area contributed by atoms with Crippen molar-refractivity contribution in [3.05, 3.63) is 59.2 Å². The monoisotopic (exact) mass is 439 g/mol. The molecule has 0 saturated carbocycles. The maximum Gasteiger partial charge on any atom is 0.405 e. The van der Waals surface area contributed by atoms with Crippen molar-refractivity contribution < 1.29 is 33.8 Å². The van der Waals surface area contributed by atoms with Crippen molar-refractivity contribution >= 4 is 23.8 Å². The van der Waals surface area contributed by atoms with Gasteiger partial charge in [-0.2, -0.15) is 0 Å². The number of imide groups is 1. The molecule has 10 nitrogen and oxygen atoms in total. The first-order valence-electron chi connectivity index (χ1n) is 9.81. The number of amides is 4. The van der Waals surface area contributed by atoms with E-state index in [0.29, 0.717) is 17.1 Å². The Morgan fingerprint density at radius 1 is 1.03 bits per heavy atom. The highest BCUT2D eigenvalue weighted by molar-refractivity contribution is 6.21. The van der Waals surface area contributed by atoms with E-state index in [1.54, 1.807) is 42.5 Å². The molecule has 2 aromatic carbocycles. The third-order valence-electron chi connectivity index (χ3n) is 5.70. The molecule has 1 fully saturated rings. The molecule has 0 spiro atoms. The number of hydrogen-bond acceptors (Lipinski definition) is 6. The molecule has 2 aromatic rings. The van der Waals surface area contributed by atoms with Gasteiger partial charge in [-0.3, -0.25) is 19.3 Å². The Kier molecular flexibility index (Phi) is 5.43. The lowest BCUT2D eigenvalue weighted by molar-refractivity contribution is -0.152. The molecule has 0 radical (unpaired) electrons. The molecule has 32 heavy (non-hydrogen) atoms. The number of likely N-dealkylation sites (tertiary alicyclic amines) is 1. The molecule has 2 aliphatic heterocycles. The number of hydrogen-bond donors (Lipinski definition) is 2. The summed E-state index contributed by atoms with van der Waals surface area (Å²) in [5, 5.41) is 11.3. The largest absolute Gasteiger partial charge is 0.497 e. The van der Waals surface area contributed by atoms with Crippen molar-refractivity contribution in [1.82, 2.24) is 15.1 Å². The van der Waals surface area contributed by atoms with E-state index in [4.69, 9.17) is 14.6 Å². The number of benzene rings is 2. The lowest BCUT2D eigenvalue weighted by Gasteiger charge is -2.47. The van der Waals surface area contributed by atoms with Crippen LogP contribution in [0.3, 0.4) is 0 Å². The van der Waals surface area contributed by atoms with Crippen LogP contribution in [-0.2, 0) is 11.3 Å². The first kappa shape index (κ1) is 21.2. The highest BCUT2D eigenvalue weighted by Crippen LogP contribution is 2.32. The van der Waals surface area contributed by atoms with E-state index in [1.807, 2.05) is 0 Å². The van der Waals surface area contributed by atoms with Gasteiger partial charge in [0.25, 0.3) is 11.8 Å². The fourth-order valence-corrected chi connectivity index (χ4v) is 4.05. The summed E-state index contributed by atoms with van der Waals surface area (Å²) in [5.74, 6) is -0.325. The minimum absolute atomic E-state index is 0.109. The third-order valence-corrected chi connectivity index (χ3v) is 5.70. The van der Waals surface area contributed by atoms with E-state index >= 15 is 0 Å². The molecule has 2 aliphatic rings. The van der Waals surface area contributed by atoms with Gasteiger partial charge in [0.05, 0.1) is 37.9 Å². The van der Waals surface area contributed by atoms with Crippen LogP contribution in [0.1, 0.15) is 26.3 Å². The molecule has 2 unspecified atom stereocenters. The van der Waals surface area contributed by atoms with Crippen molar-refractivity contribution in [2.45, 2.75) is 18.6 Å². The van der Waals surface area contributed by atoms with Crippen LogP contribution in [0.4, 0.5) is 4.79 Å². The molecule has 0 bridgehead atoms. The van der Waals surface area contributed by atoms with Gasteiger partial charge in [-0.25, -0.2) is 4.79 Å². The summed E-state index contributed by atoms with van der Waals surface area (Å²) in [6.07, 6.45) is -1.36. The number of nitrogens with one attached hydrogen (secondary N) is 1. The second-order valence-electron chi connectivity index (χ2n) is 7.40. The smallest absolute Gasteiger partial charge is 0.405 e. The summed E-state index contributed by atoms with van der Waals surface area (Å²) in [6.45, 7) is -0.0286. The molecule has 4 amide bonds. The van der Waals surface area contributed by atoms with Gasteiger partial charge in [0.15, 0.2) is 0 Å². The van der Waals surface area contributed by atoms with Crippen molar-refractivity contribution in [2.75, 3.05) is 20.8 Å². The van der Waals surface area contributed by atoms with Crippen molar-refractivity contribution in [3.63, 3.8) is 0 Å². The van der Waals surface area contributed by atoms with Crippen LogP contribution in [0, 0.1) is 0 Å². The van der Waals surface area contributed by atoms with E-state index in [9.17, 15) is 19.2 Å².